The minimum absolute atomic E-state index is 0.0632. The fourth-order valence-electron chi connectivity index (χ4n) is 1.34. The predicted molar refractivity (Wildman–Crippen MR) is 51.0 cm³/mol. The number of Topliss-reactive ketones (excluding diaryl/α,β-unsaturated/α-hetero) is 1. The lowest BCUT2D eigenvalue weighted by atomic mass is 9.99. The van der Waals surface area contributed by atoms with Crippen LogP contribution in [0.1, 0.15) is 47.7 Å². The number of hydrogen-bond acceptors (Lipinski definition) is 1. The smallest absolute Gasteiger partial charge is 0.264 e. The Balaban J connectivity index is 3.25. The Bertz CT molecular complexity index is 388. The average molecular weight is 234 g/mol. The maximum atomic E-state index is 12.6. The van der Waals surface area contributed by atoms with E-state index in [1.165, 1.54) is 6.92 Å². The molecule has 0 N–H and O–H groups in total. The second kappa shape index (κ2) is 5.09. The van der Waals surface area contributed by atoms with Gasteiger partial charge in [-0.2, -0.15) is 0 Å². The number of alkyl halides is 4. The fraction of sp³-hybridized carbons (Fsp3) is 0.364. The molecule has 0 saturated carbocycles. The van der Waals surface area contributed by atoms with Crippen LogP contribution < -0.4 is 0 Å². The summed E-state index contributed by atoms with van der Waals surface area (Å²) in [5.74, 6) is -0.476. The first-order valence-corrected chi connectivity index (χ1v) is 4.70. The van der Waals surface area contributed by atoms with Crippen LogP contribution in [0.2, 0.25) is 0 Å². The van der Waals surface area contributed by atoms with E-state index < -0.39 is 29.8 Å². The monoisotopic (exact) mass is 234 g/mol. The third-order valence-corrected chi connectivity index (χ3v) is 2.18. The summed E-state index contributed by atoms with van der Waals surface area (Å²) in [4.78, 5) is 11.3. The van der Waals surface area contributed by atoms with Gasteiger partial charge in [0, 0.05) is 23.1 Å². The van der Waals surface area contributed by atoms with E-state index in [4.69, 9.17) is 0 Å². The topological polar surface area (TPSA) is 17.1 Å². The van der Waals surface area contributed by atoms with Gasteiger partial charge in [-0.1, -0.05) is 19.1 Å². The lowest BCUT2D eigenvalue weighted by Crippen LogP contribution is -2.04. The molecule has 0 saturated heterocycles. The molecule has 0 fully saturated rings. The first-order valence-electron chi connectivity index (χ1n) is 4.70. The molecule has 88 valence electrons. The summed E-state index contributed by atoms with van der Waals surface area (Å²) in [5, 5.41) is 0. The van der Waals surface area contributed by atoms with Gasteiger partial charge in [0.05, 0.1) is 0 Å². The second-order valence-corrected chi connectivity index (χ2v) is 3.22. The highest BCUT2D eigenvalue weighted by molar-refractivity contribution is 5.97. The highest BCUT2D eigenvalue weighted by atomic mass is 19.3. The van der Waals surface area contributed by atoms with Crippen molar-refractivity contribution >= 4 is 5.78 Å². The van der Waals surface area contributed by atoms with Crippen LogP contribution in [-0.2, 0) is 0 Å². The van der Waals surface area contributed by atoms with E-state index in [2.05, 4.69) is 0 Å². The lowest BCUT2D eigenvalue weighted by molar-refractivity contribution is 0.0972. The summed E-state index contributed by atoms with van der Waals surface area (Å²) in [7, 11) is 0. The molecule has 0 bridgehead atoms. The van der Waals surface area contributed by atoms with E-state index >= 15 is 0 Å². The van der Waals surface area contributed by atoms with Crippen LogP contribution in [0.5, 0.6) is 0 Å². The number of hydrogen-bond donors (Lipinski definition) is 0. The number of rotatable bonds is 4. The fourth-order valence-corrected chi connectivity index (χ4v) is 1.34. The third-order valence-electron chi connectivity index (χ3n) is 2.18. The summed E-state index contributed by atoms with van der Waals surface area (Å²) in [5.41, 5.74) is -1.30. The highest BCUT2D eigenvalue weighted by Crippen LogP contribution is 2.29. The molecule has 0 spiro atoms. The maximum absolute atomic E-state index is 12.6. The van der Waals surface area contributed by atoms with Crippen molar-refractivity contribution in [2.24, 2.45) is 0 Å². The van der Waals surface area contributed by atoms with Gasteiger partial charge in [0.25, 0.3) is 12.9 Å². The predicted octanol–water partition coefficient (Wildman–Crippen LogP) is 4.15. The Labute approximate surface area is 90.1 Å². The molecule has 1 rings (SSSR count). The number of ketones is 1. The third kappa shape index (κ3) is 2.59. The van der Waals surface area contributed by atoms with Crippen LogP contribution in [0.3, 0.4) is 0 Å². The van der Waals surface area contributed by atoms with Crippen LogP contribution in [0, 0.1) is 0 Å². The molecule has 0 aliphatic carbocycles. The molecular formula is C11H10F4O. The molecular weight excluding hydrogens is 224 g/mol. The van der Waals surface area contributed by atoms with Gasteiger partial charge in [0.15, 0.2) is 5.78 Å². The van der Waals surface area contributed by atoms with Gasteiger partial charge in [-0.3, -0.25) is 4.79 Å². The van der Waals surface area contributed by atoms with Crippen molar-refractivity contribution in [3.63, 3.8) is 0 Å². The van der Waals surface area contributed by atoms with Crippen molar-refractivity contribution in [3.8, 4) is 0 Å². The van der Waals surface area contributed by atoms with E-state index in [0.29, 0.717) is 6.07 Å². The van der Waals surface area contributed by atoms with Crippen LogP contribution >= 0.6 is 0 Å². The van der Waals surface area contributed by atoms with Crippen LogP contribution in [0.4, 0.5) is 17.6 Å². The van der Waals surface area contributed by atoms with Crippen molar-refractivity contribution in [2.45, 2.75) is 26.2 Å². The molecule has 0 unspecified atom stereocenters. The van der Waals surface area contributed by atoms with Gasteiger partial charge in [0.2, 0.25) is 0 Å². The minimum Gasteiger partial charge on any atom is -0.294 e. The van der Waals surface area contributed by atoms with Crippen molar-refractivity contribution < 1.29 is 22.4 Å². The van der Waals surface area contributed by atoms with E-state index in [1.54, 1.807) is 0 Å². The molecule has 0 heterocycles. The Kier molecular flexibility index (Phi) is 4.04. The summed E-state index contributed by atoms with van der Waals surface area (Å²) in [6.07, 6.45) is -5.68. The zero-order valence-corrected chi connectivity index (χ0v) is 8.51. The van der Waals surface area contributed by atoms with Crippen molar-refractivity contribution in [3.05, 3.63) is 34.9 Å². The standard InChI is InChI=1S/C11H10F4O/c1-2-9(16)7-4-3-6(10(12)13)5-8(7)11(14)15/h3-5,10-11H,2H2,1H3. The van der Waals surface area contributed by atoms with Crippen LogP contribution in [0.25, 0.3) is 0 Å². The molecule has 16 heavy (non-hydrogen) atoms. The first kappa shape index (κ1) is 12.7. The van der Waals surface area contributed by atoms with E-state index in [9.17, 15) is 22.4 Å². The maximum Gasteiger partial charge on any atom is 0.264 e. The SMILES string of the molecule is CCC(=O)c1ccc(C(F)F)cc1C(F)F. The van der Waals surface area contributed by atoms with Gasteiger partial charge >= 0.3 is 0 Å². The van der Waals surface area contributed by atoms with Crippen LogP contribution in [-0.4, -0.2) is 5.78 Å². The van der Waals surface area contributed by atoms with E-state index in [1.807, 2.05) is 0 Å². The molecule has 0 aliphatic rings. The zero-order chi connectivity index (χ0) is 12.3. The number of carbonyl (C=O) groups is 1. The Morgan fingerprint density at radius 2 is 1.81 bits per heavy atom. The molecule has 1 nitrogen and oxygen atoms in total. The normalized spacial score (nSPS) is 11.2. The molecule has 1 aromatic carbocycles. The van der Waals surface area contributed by atoms with Crippen molar-refractivity contribution in [2.75, 3.05) is 0 Å². The Hall–Kier alpha value is -1.39. The van der Waals surface area contributed by atoms with Crippen molar-refractivity contribution in [1.82, 2.24) is 0 Å². The zero-order valence-electron chi connectivity index (χ0n) is 8.51. The molecule has 0 atom stereocenters. The molecule has 0 aliphatic heterocycles. The van der Waals surface area contributed by atoms with Gasteiger partial charge in [-0.15, -0.1) is 0 Å². The molecule has 0 amide bonds. The summed E-state index contributed by atoms with van der Waals surface area (Å²) in [6.45, 7) is 1.53. The second-order valence-electron chi connectivity index (χ2n) is 3.22. The summed E-state index contributed by atoms with van der Waals surface area (Å²) >= 11 is 0. The largest absolute Gasteiger partial charge is 0.294 e. The lowest BCUT2D eigenvalue weighted by Gasteiger charge is -2.09. The number of carbonyl (C=O) groups excluding carboxylic acids is 1. The van der Waals surface area contributed by atoms with E-state index in [-0.39, 0.29) is 12.0 Å². The average Bonchev–Trinajstić information content (AvgIpc) is 2.26. The van der Waals surface area contributed by atoms with Gasteiger partial charge < -0.3 is 0 Å². The van der Waals surface area contributed by atoms with Crippen molar-refractivity contribution in [1.29, 1.82) is 0 Å². The number of benzene rings is 1. The van der Waals surface area contributed by atoms with Gasteiger partial charge in [-0.25, -0.2) is 17.6 Å². The van der Waals surface area contributed by atoms with Crippen LogP contribution in [0.15, 0.2) is 18.2 Å². The van der Waals surface area contributed by atoms with E-state index in [0.717, 1.165) is 12.1 Å². The highest BCUT2D eigenvalue weighted by Gasteiger charge is 2.19. The minimum atomic E-state index is -2.93. The molecule has 5 heteroatoms. The summed E-state index contributed by atoms with van der Waals surface area (Å²) < 4.78 is 49.7. The Morgan fingerprint density at radius 1 is 1.19 bits per heavy atom. The van der Waals surface area contributed by atoms with Gasteiger partial charge in [-0.05, 0) is 6.07 Å². The van der Waals surface area contributed by atoms with Gasteiger partial charge in [0.1, 0.15) is 0 Å². The molecule has 0 radical (unpaired) electrons. The summed E-state index contributed by atoms with van der Waals surface area (Å²) in [6, 6.07) is 2.73. The number of halogens is 4. The first-order chi connectivity index (χ1) is 7.47. The quantitative estimate of drug-likeness (QED) is 0.564. The molecule has 1 aromatic rings. The Morgan fingerprint density at radius 3 is 2.25 bits per heavy atom. The molecule has 0 aromatic heterocycles.